The van der Waals surface area contributed by atoms with E-state index in [2.05, 4.69) is 10.9 Å². The van der Waals surface area contributed by atoms with E-state index in [1.807, 2.05) is 6.07 Å². The van der Waals surface area contributed by atoms with Crippen molar-refractivity contribution in [1.29, 1.82) is 0 Å². The van der Waals surface area contributed by atoms with Crippen LogP contribution in [0.15, 0.2) is 54.6 Å². The highest BCUT2D eigenvalue weighted by molar-refractivity contribution is 5.94. The Morgan fingerprint density at radius 3 is 2.47 bits per heavy atom. The summed E-state index contributed by atoms with van der Waals surface area (Å²) in [5.41, 5.74) is 6.16. The van der Waals surface area contributed by atoms with Crippen LogP contribution in [0.1, 0.15) is 10.4 Å². The Kier molecular flexibility index (Phi) is 3.35. The third-order valence-corrected chi connectivity index (χ3v) is 2.18. The molecule has 17 heavy (non-hydrogen) atoms. The van der Waals surface area contributed by atoms with E-state index in [4.69, 9.17) is 0 Å². The predicted octanol–water partition coefficient (Wildman–Crippen LogP) is 2.58. The first-order valence-electron chi connectivity index (χ1n) is 5.13. The molecule has 0 saturated heterocycles. The van der Waals surface area contributed by atoms with Gasteiger partial charge < -0.3 is 0 Å². The SMILES string of the molecule is O=C(NNc1cccc(F)c1)c1ccccc1. The van der Waals surface area contributed by atoms with Crippen LogP contribution >= 0.6 is 0 Å². The van der Waals surface area contributed by atoms with Crippen LogP contribution in [0.5, 0.6) is 0 Å². The van der Waals surface area contributed by atoms with Gasteiger partial charge in [0, 0.05) is 5.56 Å². The molecule has 0 fully saturated rings. The maximum atomic E-state index is 12.9. The predicted molar refractivity (Wildman–Crippen MR) is 63.9 cm³/mol. The molecule has 0 aliphatic heterocycles. The van der Waals surface area contributed by atoms with Crippen molar-refractivity contribution in [2.24, 2.45) is 0 Å². The van der Waals surface area contributed by atoms with Crippen molar-refractivity contribution >= 4 is 11.6 Å². The summed E-state index contributed by atoms with van der Waals surface area (Å²) in [6.07, 6.45) is 0. The first-order chi connectivity index (χ1) is 8.25. The van der Waals surface area contributed by atoms with E-state index in [1.165, 1.54) is 12.1 Å². The highest BCUT2D eigenvalue weighted by Crippen LogP contribution is 2.07. The van der Waals surface area contributed by atoms with Crippen LogP contribution in [0.3, 0.4) is 0 Å². The quantitative estimate of drug-likeness (QED) is 0.796. The molecule has 0 radical (unpaired) electrons. The lowest BCUT2D eigenvalue weighted by molar-refractivity contribution is 0.0962. The average Bonchev–Trinajstić information content (AvgIpc) is 2.37. The fourth-order valence-corrected chi connectivity index (χ4v) is 1.36. The molecular formula is C13H11FN2O. The van der Waals surface area contributed by atoms with E-state index in [1.54, 1.807) is 36.4 Å². The van der Waals surface area contributed by atoms with Gasteiger partial charge in [0.15, 0.2) is 0 Å². The van der Waals surface area contributed by atoms with Crippen LogP contribution in [-0.4, -0.2) is 5.91 Å². The number of anilines is 1. The Morgan fingerprint density at radius 1 is 1.00 bits per heavy atom. The molecule has 0 heterocycles. The topological polar surface area (TPSA) is 41.1 Å². The van der Waals surface area contributed by atoms with E-state index < -0.39 is 0 Å². The molecule has 0 aliphatic rings. The second-order valence-electron chi connectivity index (χ2n) is 3.46. The molecule has 0 bridgehead atoms. The highest BCUT2D eigenvalue weighted by Gasteiger charge is 2.03. The third-order valence-electron chi connectivity index (χ3n) is 2.18. The molecule has 2 rings (SSSR count). The van der Waals surface area contributed by atoms with E-state index >= 15 is 0 Å². The maximum Gasteiger partial charge on any atom is 0.269 e. The Bertz CT molecular complexity index is 514. The lowest BCUT2D eigenvalue weighted by atomic mass is 10.2. The van der Waals surface area contributed by atoms with Crippen molar-refractivity contribution in [3.63, 3.8) is 0 Å². The van der Waals surface area contributed by atoms with Crippen molar-refractivity contribution in [1.82, 2.24) is 5.43 Å². The summed E-state index contributed by atoms with van der Waals surface area (Å²) in [6.45, 7) is 0. The number of amides is 1. The first kappa shape index (κ1) is 11.1. The van der Waals surface area contributed by atoms with Crippen LogP contribution in [-0.2, 0) is 0 Å². The van der Waals surface area contributed by atoms with Crippen LogP contribution in [0, 0.1) is 5.82 Å². The number of carbonyl (C=O) groups excluding carboxylic acids is 1. The summed E-state index contributed by atoms with van der Waals surface area (Å²) in [5.74, 6) is -0.626. The van der Waals surface area contributed by atoms with E-state index in [-0.39, 0.29) is 11.7 Å². The van der Waals surface area contributed by atoms with Crippen molar-refractivity contribution < 1.29 is 9.18 Å². The van der Waals surface area contributed by atoms with Crippen LogP contribution in [0.25, 0.3) is 0 Å². The summed E-state index contributed by atoms with van der Waals surface area (Å²) in [7, 11) is 0. The molecule has 0 aliphatic carbocycles. The fraction of sp³-hybridized carbons (Fsp3) is 0. The molecule has 0 aromatic heterocycles. The van der Waals surface area contributed by atoms with Gasteiger partial charge >= 0.3 is 0 Å². The van der Waals surface area contributed by atoms with Crippen molar-refractivity contribution in [2.45, 2.75) is 0 Å². The van der Waals surface area contributed by atoms with Gasteiger partial charge in [-0.05, 0) is 30.3 Å². The monoisotopic (exact) mass is 230 g/mol. The maximum absolute atomic E-state index is 12.9. The number of hydrogen-bond acceptors (Lipinski definition) is 2. The molecule has 86 valence electrons. The largest absolute Gasteiger partial charge is 0.298 e. The van der Waals surface area contributed by atoms with E-state index in [9.17, 15) is 9.18 Å². The van der Waals surface area contributed by atoms with Gasteiger partial charge in [-0.15, -0.1) is 0 Å². The standard InChI is InChI=1S/C13H11FN2O/c14-11-7-4-8-12(9-11)15-16-13(17)10-5-2-1-3-6-10/h1-9,15H,(H,16,17). The summed E-state index contributed by atoms with van der Waals surface area (Å²) < 4.78 is 12.9. The second kappa shape index (κ2) is 5.12. The third kappa shape index (κ3) is 3.04. The Labute approximate surface area is 98.3 Å². The molecule has 3 nitrogen and oxygen atoms in total. The minimum atomic E-state index is -0.357. The molecule has 4 heteroatoms. The normalized spacial score (nSPS) is 9.71. The average molecular weight is 230 g/mol. The van der Waals surface area contributed by atoms with Crippen molar-refractivity contribution in [3.8, 4) is 0 Å². The lowest BCUT2D eigenvalue weighted by Crippen LogP contribution is -2.29. The summed E-state index contributed by atoms with van der Waals surface area (Å²) >= 11 is 0. The second-order valence-corrected chi connectivity index (χ2v) is 3.46. The van der Waals surface area contributed by atoms with Crippen molar-refractivity contribution in [3.05, 3.63) is 66.0 Å². The number of rotatable bonds is 3. The van der Waals surface area contributed by atoms with Gasteiger partial charge in [-0.1, -0.05) is 24.3 Å². The number of benzene rings is 2. The zero-order chi connectivity index (χ0) is 12.1. The Balaban J connectivity index is 1.97. The number of hydrogen-bond donors (Lipinski definition) is 2. The van der Waals surface area contributed by atoms with Gasteiger partial charge in [0.1, 0.15) is 5.82 Å². The number of hydrazine groups is 1. The van der Waals surface area contributed by atoms with Gasteiger partial charge in [0.2, 0.25) is 0 Å². The summed E-state index contributed by atoms with van der Waals surface area (Å²) in [6, 6.07) is 14.6. The number of nitrogens with one attached hydrogen (secondary N) is 2. The Morgan fingerprint density at radius 2 is 1.76 bits per heavy atom. The lowest BCUT2D eigenvalue weighted by Gasteiger charge is -2.08. The minimum absolute atomic E-state index is 0.269. The first-order valence-corrected chi connectivity index (χ1v) is 5.13. The van der Waals surface area contributed by atoms with Gasteiger partial charge in [-0.25, -0.2) is 4.39 Å². The molecule has 0 atom stereocenters. The van der Waals surface area contributed by atoms with E-state index in [0.29, 0.717) is 11.3 Å². The zero-order valence-electron chi connectivity index (χ0n) is 8.98. The van der Waals surface area contributed by atoms with Crippen LogP contribution < -0.4 is 10.9 Å². The number of carbonyl (C=O) groups is 1. The molecule has 2 N–H and O–H groups in total. The zero-order valence-corrected chi connectivity index (χ0v) is 8.98. The van der Waals surface area contributed by atoms with Crippen LogP contribution in [0.2, 0.25) is 0 Å². The molecule has 0 spiro atoms. The van der Waals surface area contributed by atoms with Gasteiger partial charge in [-0.2, -0.15) is 0 Å². The fourth-order valence-electron chi connectivity index (χ4n) is 1.36. The highest BCUT2D eigenvalue weighted by atomic mass is 19.1. The van der Waals surface area contributed by atoms with Crippen molar-refractivity contribution in [2.75, 3.05) is 5.43 Å². The smallest absolute Gasteiger partial charge is 0.269 e. The van der Waals surface area contributed by atoms with Gasteiger partial charge in [0.05, 0.1) is 5.69 Å². The number of halogens is 1. The molecule has 2 aromatic carbocycles. The van der Waals surface area contributed by atoms with Crippen LogP contribution in [0.4, 0.5) is 10.1 Å². The molecule has 2 aromatic rings. The molecule has 0 unspecified atom stereocenters. The molecule has 0 saturated carbocycles. The minimum Gasteiger partial charge on any atom is -0.298 e. The summed E-state index contributed by atoms with van der Waals surface area (Å²) in [5, 5.41) is 0. The summed E-state index contributed by atoms with van der Waals surface area (Å²) in [4.78, 5) is 11.6. The van der Waals surface area contributed by atoms with E-state index in [0.717, 1.165) is 0 Å². The molecular weight excluding hydrogens is 219 g/mol. The molecule has 1 amide bonds. The van der Waals surface area contributed by atoms with Gasteiger partial charge in [-0.3, -0.25) is 15.6 Å². The van der Waals surface area contributed by atoms with Gasteiger partial charge in [0.25, 0.3) is 5.91 Å². The Hall–Kier alpha value is -2.36.